The SMILES string of the molecule is CCCC1CN(Cc2cc(C)nn2C)C(CC(C)C)CN1. The molecule has 0 bridgehead atoms. The Kier molecular flexibility index (Phi) is 5.82. The molecule has 0 amide bonds. The molecular formula is C17H32N4. The van der Waals surface area contributed by atoms with Gasteiger partial charge in [-0.05, 0) is 31.7 Å². The first-order valence-corrected chi connectivity index (χ1v) is 8.46. The topological polar surface area (TPSA) is 33.1 Å². The van der Waals surface area contributed by atoms with Crippen molar-refractivity contribution in [2.24, 2.45) is 13.0 Å². The van der Waals surface area contributed by atoms with Gasteiger partial charge in [0.25, 0.3) is 0 Å². The van der Waals surface area contributed by atoms with Crippen molar-refractivity contribution in [3.63, 3.8) is 0 Å². The van der Waals surface area contributed by atoms with E-state index in [0.29, 0.717) is 12.1 Å². The average Bonchev–Trinajstić information content (AvgIpc) is 2.71. The van der Waals surface area contributed by atoms with Gasteiger partial charge in [0.15, 0.2) is 0 Å². The molecule has 2 heterocycles. The van der Waals surface area contributed by atoms with Crippen LogP contribution in [-0.4, -0.2) is 39.9 Å². The second-order valence-electron chi connectivity index (χ2n) is 7.01. The van der Waals surface area contributed by atoms with Gasteiger partial charge < -0.3 is 5.32 Å². The van der Waals surface area contributed by atoms with Gasteiger partial charge in [-0.3, -0.25) is 9.58 Å². The summed E-state index contributed by atoms with van der Waals surface area (Å²) in [5, 5.41) is 8.24. The molecule has 0 radical (unpaired) electrons. The molecule has 1 aliphatic rings. The molecule has 4 heteroatoms. The highest BCUT2D eigenvalue weighted by Crippen LogP contribution is 2.20. The van der Waals surface area contributed by atoms with E-state index in [4.69, 9.17) is 0 Å². The molecule has 1 saturated heterocycles. The fourth-order valence-corrected chi connectivity index (χ4v) is 3.46. The van der Waals surface area contributed by atoms with Crippen molar-refractivity contribution in [2.75, 3.05) is 13.1 Å². The van der Waals surface area contributed by atoms with Crippen LogP contribution in [0.5, 0.6) is 0 Å². The Morgan fingerprint density at radius 3 is 2.76 bits per heavy atom. The van der Waals surface area contributed by atoms with Gasteiger partial charge in [-0.2, -0.15) is 5.10 Å². The highest BCUT2D eigenvalue weighted by atomic mass is 15.3. The van der Waals surface area contributed by atoms with Crippen LogP contribution in [0.25, 0.3) is 0 Å². The number of rotatable bonds is 6. The lowest BCUT2D eigenvalue weighted by Crippen LogP contribution is -2.56. The Labute approximate surface area is 129 Å². The van der Waals surface area contributed by atoms with Crippen LogP contribution in [0.4, 0.5) is 0 Å². The fourth-order valence-electron chi connectivity index (χ4n) is 3.46. The van der Waals surface area contributed by atoms with Crippen molar-refractivity contribution in [1.82, 2.24) is 20.0 Å². The van der Waals surface area contributed by atoms with E-state index in [0.717, 1.165) is 31.2 Å². The number of nitrogens with one attached hydrogen (secondary N) is 1. The Morgan fingerprint density at radius 1 is 1.43 bits per heavy atom. The van der Waals surface area contributed by atoms with Crippen molar-refractivity contribution in [1.29, 1.82) is 0 Å². The first-order valence-electron chi connectivity index (χ1n) is 8.46. The summed E-state index contributed by atoms with van der Waals surface area (Å²) in [5.74, 6) is 0.746. The summed E-state index contributed by atoms with van der Waals surface area (Å²) in [6, 6.07) is 3.52. The maximum absolute atomic E-state index is 4.49. The van der Waals surface area contributed by atoms with Crippen LogP contribution in [0.15, 0.2) is 6.07 Å². The van der Waals surface area contributed by atoms with Crippen LogP contribution >= 0.6 is 0 Å². The predicted octanol–water partition coefficient (Wildman–Crippen LogP) is 2.72. The van der Waals surface area contributed by atoms with E-state index >= 15 is 0 Å². The predicted molar refractivity (Wildman–Crippen MR) is 88.3 cm³/mol. The number of aromatic nitrogens is 2. The van der Waals surface area contributed by atoms with Crippen LogP contribution < -0.4 is 5.32 Å². The molecule has 2 unspecified atom stereocenters. The maximum Gasteiger partial charge on any atom is 0.0597 e. The molecule has 0 saturated carbocycles. The summed E-state index contributed by atoms with van der Waals surface area (Å²) in [5.41, 5.74) is 2.45. The third kappa shape index (κ3) is 4.55. The van der Waals surface area contributed by atoms with Crippen molar-refractivity contribution < 1.29 is 0 Å². The van der Waals surface area contributed by atoms with Crippen molar-refractivity contribution >= 4 is 0 Å². The Hall–Kier alpha value is -0.870. The summed E-state index contributed by atoms with van der Waals surface area (Å²) in [7, 11) is 2.06. The molecule has 0 spiro atoms. The lowest BCUT2D eigenvalue weighted by Gasteiger charge is -2.41. The molecular weight excluding hydrogens is 260 g/mol. The van der Waals surface area contributed by atoms with Gasteiger partial charge in [0.05, 0.1) is 11.4 Å². The largest absolute Gasteiger partial charge is 0.311 e. The fraction of sp³-hybridized carbons (Fsp3) is 0.824. The molecule has 1 N–H and O–H groups in total. The lowest BCUT2D eigenvalue weighted by molar-refractivity contribution is 0.101. The quantitative estimate of drug-likeness (QED) is 0.875. The molecule has 21 heavy (non-hydrogen) atoms. The van der Waals surface area contributed by atoms with Crippen LogP contribution in [0.1, 0.15) is 51.4 Å². The first-order chi connectivity index (χ1) is 9.99. The molecule has 2 atom stereocenters. The molecule has 2 rings (SSSR count). The molecule has 1 aromatic rings. The van der Waals surface area contributed by atoms with E-state index < -0.39 is 0 Å². The maximum atomic E-state index is 4.49. The number of piperazine rings is 1. The summed E-state index contributed by atoms with van der Waals surface area (Å²) in [6.07, 6.45) is 3.79. The van der Waals surface area contributed by atoms with Crippen molar-refractivity contribution in [3.8, 4) is 0 Å². The molecule has 120 valence electrons. The standard InChI is InChI=1S/C17H32N4/c1-6-7-15-11-21(16(10-18-15)8-13(2)3)12-17-9-14(4)19-20(17)5/h9,13,15-16,18H,6-8,10-12H2,1-5H3. The zero-order chi connectivity index (χ0) is 15.4. The second kappa shape index (κ2) is 7.41. The summed E-state index contributed by atoms with van der Waals surface area (Å²) in [6.45, 7) is 12.3. The van der Waals surface area contributed by atoms with Gasteiger partial charge in [0.1, 0.15) is 0 Å². The zero-order valence-electron chi connectivity index (χ0n) is 14.4. The van der Waals surface area contributed by atoms with E-state index in [-0.39, 0.29) is 0 Å². The number of aryl methyl sites for hydroxylation is 2. The van der Waals surface area contributed by atoms with Crippen molar-refractivity contribution in [3.05, 3.63) is 17.5 Å². The monoisotopic (exact) mass is 292 g/mol. The minimum absolute atomic E-state index is 0.646. The van der Waals surface area contributed by atoms with Crippen LogP contribution in [0, 0.1) is 12.8 Å². The molecule has 0 aliphatic carbocycles. The van der Waals surface area contributed by atoms with E-state index in [1.54, 1.807) is 0 Å². The number of hydrogen-bond donors (Lipinski definition) is 1. The third-order valence-electron chi connectivity index (χ3n) is 4.46. The molecule has 1 fully saturated rings. The molecule has 1 aliphatic heterocycles. The summed E-state index contributed by atoms with van der Waals surface area (Å²) < 4.78 is 2.04. The Bertz CT molecular complexity index is 438. The first kappa shape index (κ1) is 16.5. The van der Waals surface area contributed by atoms with E-state index in [1.165, 1.54) is 25.0 Å². The van der Waals surface area contributed by atoms with Gasteiger partial charge in [0.2, 0.25) is 0 Å². The zero-order valence-corrected chi connectivity index (χ0v) is 14.4. The highest BCUT2D eigenvalue weighted by Gasteiger charge is 2.28. The molecule has 1 aromatic heterocycles. The van der Waals surface area contributed by atoms with E-state index in [2.05, 4.69) is 56.1 Å². The van der Waals surface area contributed by atoms with Gasteiger partial charge in [0, 0.05) is 38.8 Å². The van der Waals surface area contributed by atoms with Gasteiger partial charge in [-0.25, -0.2) is 0 Å². The molecule has 0 aromatic carbocycles. The minimum atomic E-state index is 0.646. The van der Waals surface area contributed by atoms with E-state index in [1.807, 2.05) is 4.68 Å². The molecule has 4 nitrogen and oxygen atoms in total. The van der Waals surface area contributed by atoms with Crippen LogP contribution in [0.3, 0.4) is 0 Å². The normalized spacial score (nSPS) is 23.9. The average molecular weight is 292 g/mol. The lowest BCUT2D eigenvalue weighted by atomic mass is 9.97. The third-order valence-corrected chi connectivity index (χ3v) is 4.46. The second-order valence-corrected chi connectivity index (χ2v) is 7.01. The van der Waals surface area contributed by atoms with Crippen molar-refractivity contribution in [2.45, 2.75) is 65.6 Å². The Morgan fingerprint density at radius 2 is 2.19 bits per heavy atom. The highest BCUT2D eigenvalue weighted by molar-refractivity contribution is 5.09. The number of nitrogens with zero attached hydrogens (tertiary/aromatic N) is 3. The summed E-state index contributed by atoms with van der Waals surface area (Å²) in [4.78, 5) is 2.67. The van der Waals surface area contributed by atoms with Crippen LogP contribution in [-0.2, 0) is 13.6 Å². The smallest absolute Gasteiger partial charge is 0.0597 e. The minimum Gasteiger partial charge on any atom is -0.311 e. The van der Waals surface area contributed by atoms with Gasteiger partial charge in [-0.1, -0.05) is 27.2 Å². The summed E-state index contributed by atoms with van der Waals surface area (Å²) >= 11 is 0. The Balaban J connectivity index is 2.06. The number of hydrogen-bond acceptors (Lipinski definition) is 3. The van der Waals surface area contributed by atoms with Gasteiger partial charge in [-0.15, -0.1) is 0 Å². The van der Waals surface area contributed by atoms with Crippen LogP contribution in [0.2, 0.25) is 0 Å². The van der Waals surface area contributed by atoms with E-state index in [9.17, 15) is 0 Å². The van der Waals surface area contributed by atoms with Gasteiger partial charge >= 0.3 is 0 Å².